The molecule has 0 aliphatic rings. The standard InChI is InChI=1S/C19H23NO2S/c1-15-8-10-17(11-9-15)14-23-13-12-20-19(21)16(2)22-18-6-4-3-5-7-18/h3-11,16H,12-14H2,1-2H3,(H,20,21)/t16-/m0/s1. The van der Waals surface area contributed by atoms with Crippen LogP contribution in [-0.4, -0.2) is 24.3 Å². The van der Waals surface area contributed by atoms with Crippen molar-refractivity contribution >= 4 is 17.7 Å². The molecule has 0 unspecified atom stereocenters. The second kappa shape index (κ2) is 9.26. The van der Waals surface area contributed by atoms with E-state index in [1.807, 2.05) is 42.1 Å². The number of ether oxygens (including phenoxy) is 1. The van der Waals surface area contributed by atoms with Gasteiger partial charge in [0, 0.05) is 18.1 Å². The maximum Gasteiger partial charge on any atom is 0.260 e. The van der Waals surface area contributed by atoms with Crippen LogP contribution in [0.1, 0.15) is 18.1 Å². The van der Waals surface area contributed by atoms with E-state index in [4.69, 9.17) is 4.74 Å². The van der Waals surface area contributed by atoms with E-state index in [-0.39, 0.29) is 5.91 Å². The van der Waals surface area contributed by atoms with Gasteiger partial charge in [0.15, 0.2) is 6.10 Å². The van der Waals surface area contributed by atoms with Gasteiger partial charge in [0.25, 0.3) is 5.91 Å². The lowest BCUT2D eigenvalue weighted by Gasteiger charge is -2.14. The van der Waals surface area contributed by atoms with Gasteiger partial charge in [0.2, 0.25) is 0 Å². The van der Waals surface area contributed by atoms with Gasteiger partial charge in [0.1, 0.15) is 5.75 Å². The highest BCUT2D eigenvalue weighted by Gasteiger charge is 2.13. The molecular weight excluding hydrogens is 306 g/mol. The van der Waals surface area contributed by atoms with Crippen LogP contribution in [0.15, 0.2) is 54.6 Å². The summed E-state index contributed by atoms with van der Waals surface area (Å²) in [5, 5.41) is 2.91. The molecule has 1 atom stereocenters. The summed E-state index contributed by atoms with van der Waals surface area (Å²) in [7, 11) is 0. The number of hydrogen-bond acceptors (Lipinski definition) is 3. The first-order valence-electron chi connectivity index (χ1n) is 7.78. The molecule has 0 saturated heterocycles. The number of carbonyl (C=O) groups is 1. The van der Waals surface area contributed by atoms with E-state index in [0.29, 0.717) is 12.3 Å². The quantitative estimate of drug-likeness (QED) is 0.748. The molecule has 0 radical (unpaired) electrons. The summed E-state index contributed by atoms with van der Waals surface area (Å²) < 4.78 is 5.59. The number of thioether (sulfide) groups is 1. The van der Waals surface area contributed by atoms with Crippen LogP contribution in [0, 0.1) is 6.92 Å². The molecule has 0 aliphatic heterocycles. The van der Waals surface area contributed by atoms with E-state index < -0.39 is 6.10 Å². The first kappa shape index (κ1) is 17.4. The van der Waals surface area contributed by atoms with Crippen molar-refractivity contribution < 1.29 is 9.53 Å². The second-order valence-electron chi connectivity index (χ2n) is 5.40. The van der Waals surface area contributed by atoms with E-state index in [1.54, 1.807) is 6.92 Å². The molecule has 3 nitrogen and oxygen atoms in total. The van der Waals surface area contributed by atoms with Crippen molar-refractivity contribution in [1.82, 2.24) is 5.32 Å². The molecule has 0 spiro atoms. The topological polar surface area (TPSA) is 38.3 Å². The van der Waals surface area contributed by atoms with Gasteiger partial charge in [-0.1, -0.05) is 48.0 Å². The Hall–Kier alpha value is -1.94. The summed E-state index contributed by atoms with van der Waals surface area (Å²) in [6.07, 6.45) is -0.487. The first-order chi connectivity index (χ1) is 11.1. The second-order valence-corrected chi connectivity index (χ2v) is 6.51. The lowest BCUT2D eigenvalue weighted by Crippen LogP contribution is -2.37. The first-order valence-corrected chi connectivity index (χ1v) is 8.93. The van der Waals surface area contributed by atoms with Crippen molar-refractivity contribution in [2.75, 3.05) is 12.3 Å². The number of para-hydroxylation sites is 1. The number of nitrogens with one attached hydrogen (secondary N) is 1. The van der Waals surface area contributed by atoms with Crippen LogP contribution in [0.3, 0.4) is 0 Å². The van der Waals surface area contributed by atoms with Crippen molar-refractivity contribution in [2.24, 2.45) is 0 Å². The number of carbonyl (C=O) groups excluding carboxylic acids is 1. The predicted molar refractivity (Wildman–Crippen MR) is 96.9 cm³/mol. The number of amides is 1. The van der Waals surface area contributed by atoms with Gasteiger partial charge in [-0.05, 0) is 31.5 Å². The molecule has 23 heavy (non-hydrogen) atoms. The van der Waals surface area contributed by atoms with Crippen LogP contribution >= 0.6 is 11.8 Å². The summed E-state index contributed by atoms with van der Waals surface area (Å²) in [5.74, 6) is 2.48. The fraction of sp³-hybridized carbons (Fsp3) is 0.316. The Morgan fingerprint density at radius 2 is 1.83 bits per heavy atom. The molecule has 0 fully saturated rings. The molecule has 2 rings (SSSR count). The van der Waals surface area contributed by atoms with Crippen LogP contribution in [0.5, 0.6) is 5.75 Å². The van der Waals surface area contributed by atoms with E-state index in [1.165, 1.54) is 11.1 Å². The zero-order chi connectivity index (χ0) is 16.5. The minimum atomic E-state index is -0.487. The van der Waals surface area contributed by atoms with Crippen molar-refractivity contribution in [3.8, 4) is 5.75 Å². The maximum absolute atomic E-state index is 12.0. The summed E-state index contributed by atoms with van der Waals surface area (Å²) in [4.78, 5) is 12.0. The monoisotopic (exact) mass is 329 g/mol. The van der Waals surface area contributed by atoms with Crippen LogP contribution < -0.4 is 10.1 Å². The van der Waals surface area contributed by atoms with E-state index >= 15 is 0 Å². The molecule has 0 saturated carbocycles. The molecule has 122 valence electrons. The molecule has 0 bridgehead atoms. The molecule has 2 aromatic rings. The summed E-state index contributed by atoms with van der Waals surface area (Å²) in [6, 6.07) is 17.9. The van der Waals surface area contributed by atoms with E-state index in [9.17, 15) is 4.79 Å². The minimum absolute atomic E-state index is 0.0789. The Morgan fingerprint density at radius 1 is 1.13 bits per heavy atom. The Kier molecular flexibility index (Phi) is 7.01. The molecule has 0 heterocycles. The van der Waals surface area contributed by atoms with Gasteiger partial charge in [-0.2, -0.15) is 11.8 Å². The summed E-state index contributed by atoms with van der Waals surface area (Å²) in [5.41, 5.74) is 2.59. The van der Waals surface area contributed by atoms with E-state index in [2.05, 4.69) is 36.5 Å². The van der Waals surface area contributed by atoms with Gasteiger partial charge < -0.3 is 10.1 Å². The van der Waals surface area contributed by atoms with Gasteiger partial charge in [-0.25, -0.2) is 0 Å². The fourth-order valence-corrected chi connectivity index (χ4v) is 2.84. The fourth-order valence-electron chi connectivity index (χ4n) is 2.02. The zero-order valence-corrected chi connectivity index (χ0v) is 14.4. The van der Waals surface area contributed by atoms with Gasteiger partial charge >= 0.3 is 0 Å². The summed E-state index contributed by atoms with van der Waals surface area (Å²) in [6.45, 7) is 4.50. The number of rotatable bonds is 8. The van der Waals surface area contributed by atoms with Crippen molar-refractivity contribution in [1.29, 1.82) is 0 Å². The predicted octanol–water partition coefficient (Wildman–Crippen LogP) is 3.81. The average molecular weight is 329 g/mol. The van der Waals surface area contributed by atoms with Gasteiger partial charge in [-0.3, -0.25) is 4.79 Å². The minimum Gasteiger partial charge on any atom is -0.481 e. The largest absolute Gasteiger partial charge is 0.481 e. The Morgan fingerprint density at radius 3 is 2.52 bits per heavy atom. The van der Waals surface area contributed by atoms with Gasteiger partial charge in [0.05, 0.1) is 0 Å². The van der Waals surface area contributed by atoms with Gasteiger partial charge in [-0.15, -0.1) is 0 Å². The van der Waals surface area contributed by atoms with Crippen LogP contribution in [0.25, 0.3) is 0 Å². The molecule has 1 amide bonds. The number of hydrogen-bond donors (Lipinski definition) is 1. The lowest BCUT2D eigenvalue weighted by atomic mass is 10.2. The third kappa shape index (κ3) is 6.37. The normalized spacial score (nSPS) is 11.7. The third-order valence-electron chi connectivity index (χ3n) is 3.36. The molecule has 2 aromatic carbocycles. The molecule has 0 aliphatic carbocycles. The maximum atomic E-state index is 12.0. The third-order valence-corrected chi connectivity index (χ3v) is 4.39. The molecular formula is C19H23NO2S. The molecule has 0 aromatic heterocycles. The van der Waals surface area contributed by atoms with Crippen molar-refractivity contribution in [2.45, 2.75) is 25.7 Å². The Balaban J connectivity index is 1.61. The Bertz CT molecular complexity index is 599. The smallest absolute Gasteiger partial charge is 0.260 e. The van der Waals surface area contributed by atoms with E-state index in [0.717, 1.165) is 11.5 Å². The molecule has 4 heteroatoms. The average Bonchev–Trinajstić information content (AvgIpc) is 2.57. The van der Waals surface area contributed by atoms with Crippen molar-refractivity contribution in [3.05, 3.63) is 65.7 Å². The highest BCUT2D eigenvalue weighted by atomic mass is 32.2. The molecule has 1 N–H and O–H groups in total. The number of benzene rings is 2. The lowest BCUT2D eigenvalue weighted by molar-refractivity contribution is -0.127. The van der Waals surface area contributed by atoms with Crippen LogP contribution in [0.4, 0.5) is 0 Å². The van der Waals surface area contributed by atoms with Crippen LogP contribution in [-0.2, 0) is 10.5 Å². The zero-order valence-electron chi connectivity index (χ0n) is 13.6. The highest BCUT2D eigenvalue weighted by molar-refractivity contribution is 7.98. The van der Waals surface area contributed by atoms with Crippen LogP contribution in [0.2, 0.25) is 0 Å². The SMILES string of the molecule is Cc1ccc(CSCCNC(=O)[C@H](C)Oc2ccccc2)cc1. The van der Waals surface area contributed by atoms with Crippen molar-refractivity contribution in [3.63, 3.8) is 0 Å². The Labute approximate surface area is 142 Å². The summed E-state index contributed by atoms with van der Waals surface area (Å²) >= 11 is 1.81. The number of aryl methyl sites for hydroxylation is 1. The highest BCUT2D eigenvalue weighted by Crippen LogP contribution is 2.13.